The summed E-state index contributed by atoms with van der Waals surface area (Å²) in [6.07, 6.45) is 6.91. The van der Waals surface area contributed by atoms with Gasteiger partial charge in [0, 0.05) is 6.92 Å². The van der Waals surface area contributed by atoms with Crippen LogP contribution < -0.4 is 0 Å². The first kappa shape index (κ1) is 12.5. The van der Waals surface area contributed by atoms with Gasteiger partial charge in [-0.25, -0.2) is 0 Å². The molecule has 0 saturated heterocycles. The lowest BCUT2D eigenvalue weighted by molar-refractivity contribution is -0.147. The zero-order valence-electron chi connectivity index (χ0n) is 9.14. The highest BCUT2D eigenvalue weighted by molar-refractivity contribution is 5.66. The number of esters is 1. The van der Waals surface area contributed by atoms with Crippen molar-refractivity contribution in [3.63, 3.8) is 0 Å². The maximum atomic E-state index is 10.7. The van der Waals surface area contributed by atoms with Gasteiger partial charge in [-0.2, -0.15) is 0 Å². The van der Waals surface area contributed by atoms with Crippen molar-refractivity contribution >= 4 is 5.97 Å². The Balaban J connectivity index is 3.59. The van der Waals surface area contributed by atoms with E-state index in [0.29, 0.717) is 0 Å². The van der Waals surface area contributed by atoms with E-state index in [9.17, 15) is 4.79 Å². The fourth-order valence-electron chi connectivity index (χ4n) is 1.44. The van der Waals surface area contributed by atoms with Crippen molar-refractivity contribution < 1.29 is 9.53 Å². The quantitative estimate of drug-likeness (QED) is 0.450. The lowest BCUT2D eigenvalue weighted by Crippen LogP contribution is -2.15. The molecule has 0 aliphatic heterocycles. The van der Waals surface area contributed by atoms with Gasteiger partial charge in [-0.1, -0.05) is 33.1 Å². The molecule has 0 spiro atoms. The summed E-state index contributed by atoms with van der Waals surface area (Å²) in [5.74, 6) is -0.144. The molecular formula is C11H22O2. The smallest absolute Gasteiger partial charge is 0.302 e. The Kier molecular flexibility index (Phi) is 7.76. The van der Waals surface area contributed by atoms with Crippen LogP contribution in [0, 0.1) is 0 Å². The molecule has 13 heavy (non-hydrogen) atoms. The van der Waals surface area contributed by atoms with Crippen molar-refractivity contribution in [1.82, 2.24) is 0 Å². The summed E-state index contributed by atoms with van der Waals surface area (Å²) in [6.45, 7) is 5.79. The van der Waals surface area contributed by atoms with Crippen molar-refractivity contribution in [2.45, 2.75) is 65.4 Å². The Labute approximate surface area is 81.7 Å². The number of carbonyl (C=O) groups excluding carboxylic acids is 1. The molecule has 1 unspecified atom stereocenters. The molecular weight excluding hydrogens is 164 g/mol. The van der Waals surface area contributed by atoms with E-state index in [4.69, 9.17) is 4.74 Å². The zero-order chi connectivity index (χ0) is 10.1. The molecule has 0 aromatic heterocycles. The molecule has 0 amide bonds. The summed E-state index contributed by atoms with van der Waals surface area (Å²) in [6, 6.07) is 0. The van der Waals surface area contributed by atoms with Gasteiger partial charge in [-0.05, 0) is 19.3 Å². The number of carbonyl (C=O) groups is 1. The van der Waals surface area contributed by atoms with E-state index in [1.165, 1.54) is 26.2 Å². The molecule has 2 heteroatoms. The van der Waals surface area contributed by atoms with Gasteiger partial charge in [-0.3, -0.25) is 4.79 Å². The van der Waals surface area contributed by atoms with Crippen LogP contribution in [0.25, 0.3) is 0 Å². The highest BCUT2D eigenvalue weighted by atomic mass is 16.5. The van der Waals surface area contributed by atoms with Crippen LogP contribution in [0.3, 0.4) is 0 Å². The average Bonchev–Trinajstić information content (AvgIpc) is 2.04. The molecule has 0 radical (unpaired) electrons. The second kappa shape index (κ2) is 8.09. The standard InChI is InChI=1S/C11H22O2/c1-4-6-7-9-11(8-5-2)13-10(3)12/h11H,4-9H2,1-3H3. The summed E-state index contributed by atoms with van der Waals surface area (Å²) in [7, 11) is 0. The summed E-state index contributed by atoms with van der Waals surface area (Å²) in [4.78, 5) is 10.7. The second-order valence-corrected chi connectivity index (χ2v) is 3.52. The van der Waals surface area contributed by atoms with Crippen molar-refractivity contribution in [3.05, 3.63) is 0 Å². The first-order chi connectivity index (χ1) is 6.20. The van der Waals surface area contributed by atoms with Crippen LogP contribution in [-0.4, -0.2) is 12.1 Å². The van der Waals surface area contributed by atoms with Crippen LogP contribution >= 0.6 is 0 Å². The largest absolute Gasteiger partial charge is 0.463 e. The van der Waals surface area contributed by atoms with E-state index >= 15 is 0 Å². The van der Waals surface area contributed by atoms with Crippen molar-refractivity contribution in [1.29, 1.82) is 0 Å². The van der Waals surface area contributed by atoms with Gasteiger partial charge in [0.15, 0.2) is 0 Å². The van der Waals surface area contributed by atoms with Gasteiger partial charge >= 0.3 is 5.97 Å². The van der Waals surface area contributed by atoms with Gasteiger partial charge in [0.25, 0.3) is 0 Å². The molecule has 0 fully saturated rings. The van der Waals surface area contributed by atoms with Crippen LogP contribution in [-0.2, 0) is 9.53 Å². The maximum Gasteiger partial charge on any atom is 0.302 e. The molecule has 0 aromatic rings. The van der Waals surface area contributed by atoms with Crippen molar-refractivity contribution in [2.75, 3.05) is 0 Å². The Bertz CT molecular complexity index is 132. The fraction of sp³-hybridized carbons (Fsp3) is 0.909. The lowest BCUT2D eigenvalue weighted by Gasteiger charge is -2.15. The minimum absolute atomic E-state index is 0.144. The summed E-state index contributed by atoms with van der Waals surface area (Å²) >= 11 is 0. The minimum atomic E-state index is -0.144. The first-order valence-corrected chi connectivity index (χ1v) is 5.37. The van der Waals surface area contributed by atoms with Crippen LogP contribution in [0.4, 0.5) is 0 Å². The zero-order valence-corrected chi connectivity index (χ0v) is 9.14. The average molecular weight is 186 g/mol. The highest BCUT2D eigenvalue weighted by Gasteiger charge is 2.09. The van der Waals surface area contributed by atoms with E-state index in [1.54, 1.807) is 0 Å². The summed E-state index contributed by atoms with van der Waals surface area (Å²) in [5, 5.41) is 0. The van der Waals surface area contributed by atoms with Gasteiger partial charge in [0.2, 0.25) is 0 Å². The van der Waals surface area contributed by atoms with Gasteiger partial charge in [0.05, 0.1) is 0 Å². The molecule has 0 bridgehead atoms. The lowest BCUT2D eigenvalue weighted by atomic mass is 10.1. The van der Waals surface area contributed by atoms with E-state index < -0.39 is 0 Å². The molecule has 0 aliphatic rings. The molecule has 1 atom stereocenters. The molecule has 0 aliphatic carbocycles. The first-order valence-electron chi connectivity index (χ1n) is 5.37. The van der Waals surface area contributed by atoms with Gasteiger partial charge < -0.3 is 4.74 Å². The summed E-state index contributed by atoms with van der Waals surface area (Å²) < 4.78 is 5.20. The van der Waals surface area contributed by atoms with Crippen LogP contribution in [0.1, 0.15) is 59.3 Å². The molecule has 0 saturated carbocycles. The van der Waals surface area contributed by atoms with Crippen LogP contribution in [0.15, 0.2) is 0 Å². The Hall–Kier alpha value is -0.530. The monoisotopic (exact) mass is 186 g/mol. The normalized spacial score (nSPS) is 12.5. The predicted molar refractivity (Wildman–Crippen MR) is 54.6 cm³/mol. The number of ether oxygens (including phenoxy) is 1. The third-order valence-electron chi connectivity index (χ3n) is 2.07. The minimum Gasteiger partial charge on any atom is -0.463 e. The molecule has 0 heterocycles. The fourth-order valence-corrected chi connectivity index (χ4v) is 1.44. The summed E-state index contributed by atoms with van der Waals surface area (Å²) in [5.41, 5.74) is 0. The molecule has 0 N–H and O–H groups in total. The molecule has 0 aromatic carbocycles. The number of hydrogen-bond donors (Lipinski definition) is 0. The van der Waals surface area contributed by atoms with Crippen LogP contribution in [0.2, 0.25) is 0 Å². The Morgan fingerprint density at radius 3 is 2.31 bits per heavy atom. The number of unbranched alkanes of at least 4 members (excludes halogenated alkanes) is 2. The predicted octanol–water partition coefficient (Wildman–Crippen LogP) is 3.30. The van der Waals surface area contributed by atoms with Gasteiger partial charge in [-0.15, -0.1) is 0 Å². The Morgan fingerprint density at radius 2 is 1.85 bits per heavy atom. The number of hydrogen-bond acceptors (Lipinski definition) is 2. The molecule has 78 valence electrons. The second-order valence-electron chi connectivity index (χ2n) is 3.52. The SMILES string of the molecule is CCCCCC(CCC)OC(C)=O. The maximum absolute atomic E-state index is 10.7. The van der Waals surface area contributed by atoms with E-state index in [1.807, 2.05) is 0 Å². The van der Waals surface area contributed by atoms with Gasteiger partial charge in [0.1, 0.15) is 6.10 Å². The van der Waals surface area contributed by atoms with Crippen molar-refractivity contribution in [2.24, 2.45) is 0 Å². The van der Waals surface area contributed by atoms with Crippen molar-refractivity contribution in [3.8, 4) is 0 Å². The highest BCUT2D eigenvalue weighted by Crippen LogP contribution is 2.12. The Morgan fingerprint density at radius 1 is 1.15 bits per heavy atom. The molecule has 0 rings (SSSR count). The topological polar surface area (TPSA) is 26.3 Å². The van der Waals surface area contributed by atoms with Crippen LogP contribution in [0.5, 0.6) is 0 Å². The van der Waals surface area contributed by atoms with E-state index in [0.717, 1.165) is 19.3 Å². The van der Waals surface area contributed by atoms with E-state index in [-0.39, 0.29) is 12.1 Å². The van der Waals surface area contributed by atoms with E-state index in [2.05, 4.69) is 13.8 Å². The molecule has 2 nitrogen and oxygen atoms in total. The third kappa shape index (κ3) is 7.82. The number of rotatable bonds is 7. The third-order valence-corrected chi connectivity index (χ3v) is 2.07.